The molecule has 0 atom stereocenters. The molecule has 0 saturated heterocycles. The first kappa shape index (κ1) is 11.9. The van der Waals surface area contributed by atoms with Gasteiger partial charge >= 0.3 is 0 Å². The molecular weight excluding hydrogens is 228 g/mol. The van der Waals surface area contributed by atoms with Gasteiger partial charge in [-0.3, -0.25) is 9.48 Å². The summed E-state index contributed by atoms with van der Waals surface area (Å²) in [5.74, 6) is -0.0739. The Morgan fingerprint density at radius 3 is 2.78 bits per heavy atom. The van der Waals surface area contributed by atoms with Gasteiger partial charge in [0, 0.05) is 31.0 Å². The predicted octanol–water partition coefficient (Wildman–Crippen LogP) is 1.78. The molecule has 1 aromatic carbocycles. The van der Waals surface area contributed by atoms with Gasteiger partial charge in [0.15, 0.2) is 0 Å². The van der Waals surface area contributed by atoms with Crippen molar-refractivity contribution in [2.75, 3.05) is 5.32 Å². The van der Waals surface area contributed by atoms with Crippen LogP contribution in [0.4, 0.5) is 5.69 Å². The summed E-state index contributed by atoms with van der Waals surface area (Å²) < 4.78 is 1.71. The maximum atomic E-state index is 11.6. The minimum absolute atomic E-state index is 0.0739. The van der Waals surface area contributed by atoms with Gasteiger partial charge in [-0.2, -0.15) is 10.4 Å². The van der Waals surface area contributed by atoms with Crippen molar-refractivity contribution in [3.8, 4) is 6.07 Å². The van der Waals surface area contributed by atoms with Crippen molar-refractivity contribution in [1.29, 1.82) is 5.26 Å². The van der Waals surface area contributed by atoms with Gasteiger partial charge in [-0.05, 0) is 30.3 Å². The molecule has 1 N–H and O–H groups in total. The minimum atomic E-state index is -0.0739. The highest BCUT2D eigenvalue weighted by Crippen LogP contribution is 2.09. The third-order valence-corrected chi connectivity index (χ3v) is 2.42. The van der Waals surface area contributed by atoms with Crippen LogP contribution in [0.2, 0.25) is 0 Å². The van der Waals surface area contributed by atoms with Crippen molar-refractivity contribution >= 4 is 11.6 Å². The smallest absolute Gasteiger partial charge is 0.226 e. The van der Waals surface area contributed by atoms with E-state index in [9.17, 15) is 4.79 Å². The number of anilines is 1. The number of amides is 1. The molecule has 2 rings (SSSR count). The highest BCUT2D eigenvalue weighted by Gasteiger charge is 2.03. The van der Waals surface area contributed by atoms with Gasteiger partial charge in [-0.1, -0.05) is 0 Å². The van der Waals surface area contributed by atoms with E-state index in [0.29, 0.717) is 24.2 Å². The molecule has 0 saturated carbocycles. The summed E-state index contributed by atoms with van der Waals surface area (Å²) in [7, 11) is 0. The minimum Gasteiger partial charge on any atom is -0.326 e. The van der Waals surface area contributed by atoms with Crippen LogP contribution in [0.15, 0.2) is 42.7 Å². The van der Waals surface area contributed by atoms with Crippen LogP contribution in [-0.2, 0) is 11.3 Å². The van der Waals surface area contributed by atoms with Crippen molar-refractivity contribution in [2.24, 2.45) is 0 Å². The van der Waals surface area contributed by atoms with Gasteiger partial charge in [-0.15, -0.1) is 0 Å². The van der Waals surface area contributed by atoms with Crippen LogP contribution in [0.25, 0.3) is 0 Å². The van der Waals surface area contributed by atoms with Crippen LogP contribution >= 0.6 is 0 Å². The molecule has 0 spiro atoms. The molecule has 5 heteroatoms. The third-order valence-electron chi connectivity index (χ3n) is 2.42. The molecule has 1 heterocycles. The number of carbonyl (C=O) groups is 1. The Kier molecular flexibility index (Phi) is 3.72. The molecule has 1 aromatic heterocycles. The Labute approximate surface area is 105 Å². The van der Waals surface area contributed by atoms with E-state index >= 15 is 0 Å². The quantitative estimate of drug-likeness (QED) is 0.885. The summed E-state index contributed by atoms with van der Waals surface area (Å²) in [5, 5.41) is 15.4. The Bertz CT molecular complexity index is 552. The molecule has 0 aliphatic rings. The summed E-state index contributed by atoms with van der Waals surface area (Å²) in [6.07, 6.45) is 3.86. The number of benzene rings is 1. The fourth-order valence-corrected chi connectivity index (χ4v) is 1.50. The maximum Gasteiger partial charge on any atom is 0.226 e. The SMILES string of the molecule is N#Cc1ccc(NC(=O)CCn2cccn2)cc1. The summed E-state index contributed by atoms with van der Waals surface area (Å²) in [6, 6.07) is 10.6. The second-order valence-corrected chi connectivity index (χ2v) is 3.76. The zero-order valence-electron chi connectivity index (χ0n) is 9.71. The van der Waals surface area contributed by atoms with E-state index in [4.69, 9.17) is 5.26 Å². The van der Waals surface area contributed by atoms with E-state index in [-0.39, 0.29) is 5.91 Å². The molecule has 1 amide bonds. The molecular formula is C13H12N4O. The average molecular weight is 240 g/mol. The molecule has 0 fully saturated rings. The second-order valence-electron chi connectivity index (χ2n) is 3.76. The standard InChI is InChI=1S/C13H12N4O/c14-10-11-2-4-12(5-3-11)16-13(18)6-9-17-8-1-7-15-17/h1-5,7-8H,6,9H2,(H,16,18). The van der Waals surface area contributed by atoms with Crippen molar-refractivity contribution in [3.05, 3.63) is 48.3 Å². The van der Waals surface area contributed by atoms with E-state index in [1.807, 2.05) is 18.3 Å². The molecule has 18 heavy (non-hydrogen) atoms. The van der Waals surface area contributed by atoms with Gasteiger partial charge in [0.1, 0.15) is 0 Å². The predicted molar refractivity (Wildman–Crippen MR) is 66.6 cm³/mol. The van der Waals surface area contributed by atoms with Crippen LogP contribution in [0.1, 0.15) is 12.0 Å². The molecule has 0 aliphatic carbocycles. The fraction of sp³-hybridized carbons (Fsp3) is 0.154. The lowest BCUT2D eigenvalue weighted by atomic mass is 10.2. The van der Waals surface area contributed by atoms with Crippen LogP contribution in [-0.4, -0.2) is 15.7 Å². The monoisotopic (exact) mass is 240 g/mol. The highest BCUT2D eigenvalue weighted by atomic mass is 16.1. The lowest BCUT2D eigenvalue weighted by molar-refractivity contribution is -0.116. The zero-order valence-corrected chi connectivity index (χ0v) is 9.71. The number of hydrogen-bond donors (Lipinski definition) is 1. The largest absolute Gasteiger partial charge is 0.326 e. The lowest BCUT2D eigenvalue weighted by Crippen LogP contribution is -2.14. The summed E-state index contributed by atoms with van der Waals surface area (Å²) >= 11 is 0. The Hall–Kier alpha value is -2.61. The van der Waals surface area contributed by atoms with Gasteiger partial charge in [0.05, 0.1) is 11.6 Å². The van der Waals surface area contributed by atoms with Gasteiger partial charge in [0.25, 0.3) is 0 Å². The number of nitrogens with one attached hydrogen (secondary N) is 1. The number of nitrogens with zero attached hydrogens (tertiary/aromatic N) is 3. The summed E-state index contributed by atoms with van der Waals surface area (Å²) in [5.41, 5.74) is 1.27. The van der Waals surface area contributed by atoms with Gasteiger partial charge < -0.3 is 5.32 Å². The van der Waals surface area contributed by atoms with Crippen molar-refractivity contribution in [1.82, 2.24) is 9.78 Å². The fourth-order valence-electron chi connectivity index (χ4n) is 1.50. The molecule has 0 aliphatic heterocycles. The number of carbonyl (C=O) groups excluding carboxylic acids is 1. The van der Waals surface area contributed by atoms with Crippen molar-refractivity contribution in [2.45, 2.75) is 13.0 Å². The van der Waals surface area contributed by atoms with Crippen LogP contribution < -0.4 is 5.32 Å². The van der Waals surface area contributed by atoms with Crippen LogP contribution in [0.3, 0.4) is 0 Å². The van der Waals surface area contributed by atoms with E-state index in [2.05, 4.69) is 10.4 Å². The number of hydrogen-bond acceptors (Lipinski definition) is 3. The maximum absolute atomic E-state index is 11.6. The first-order chi connectivity index (χ1) is 8.78. The van der Waals surface area contributed by atoms with E-state index in [0.717, 1.165) is 0 Å². The number of nitriles is 1. The van der Waals surface area contributed by atoms with Crippen molar-refractivity contribution < 1.29 is 4.79 Å². The lowest BCUT2D eigenvalue weighted by Gasteiger charge is -2.05. The van der Waals surface area contributed by atoms with E-state index in [1.54, 1.807) is 35.1 Å². The summed E-state index contributed by atoms with van der Waals surface area (Å²) in [4.78, 5) is 11.6. The van der Waals surface area contributed by atoms with E-state index < -0.39 is 0 Å². The highest BCUT2D eigenvalue weighted by molar-refractivity contribution is 5.90. The molecule has 5 nitrogen and oxygen atoms in total. The topological polar surface area (TPSA) is 70.7 Å². The Morgan fingerprint density at radius 1 is 1.39 bits per heavy atom. The Morgan fingerprint density at radius 2 is 2.17 bits per heavy atom. The molecule has 90 valence electrons. The molecule has 0 bridgehead atoms. The van der Waals surface area contributed by atoms with Gasteiger partial charge in [-0.25, -0.2) is 0 Å². The summed E-state index contributed by atoms with van der Waals surface area (Å²) in [6.45, 7) is 0.551. The zero-order chi connectivity index (χ0) is 12.8. The van der Waals surface area contributed by atoms with Gasteiger partial charge in [0.2, 0.25) is 5.91 Å². The third kappa shape index (κ3) is 3.19. The van der Waals surface area contributed by atoms with Crippen molar-refractivity contribution in [3.63, 3.8) is 0 Å². The molecule has 2 aromatic rings. The van der Waals surface area contributed by atoms with Crippen LogP contribution in [0, 0.1) is 11.3 Å². The van der Waals surface area contributed by atoms with Crippen LogP contribution in [0.5, 0.6) is 0 Å². The number of aromatic nitrogens is 2. The number of aryl methyl sites for hydroxylation is 1. The first-order valence-corrected chi connectivity index (χ1v) is 5.55. The number of rotatable bonds is 4. The Balaban J connectivity index is 1.85. The second kappa shape index (κ2) is 5.64. The first-order valence-electron chi connectivity index (χ1n) is 5.55. The van der Waals surface area contributed by atoms with E-state index in [1.165, 1.54) is 0 Å². The normalized spacial score (nSPS) is 9.72. The average Bonchev–Trinajstić information content (AvgIpc) is 2.90. The molecule has 0 radical (unpaired) electrons. The molecule has 0 unspecified atom stereocenters.